The van der Waals surface area contributed by atoms with Gasteiger partial charge < -0.3 is 14.1 Å². The number of nitrogens with zero attached hydrogens (tertiary/aromatic N) is 1. The fourth-order valence-electron chi connectivity index (χ4n) is 3.93. The zero-order chi connectivity index (χ0) is 24.4. The highest BCUT2D eigenvalue weighted by atomic mass is 35.5. The van der Waals surface area contributed by atoms with Crippen molar-refractivity contribution >= 4 is 37.4 Å². The Hall–Kier alpha value is -1.37. The third-order valence-corrected chi connectivity index (χ3v) is 11.9. The van der Waals surface area contributed by atoms with Crippen molar-refractivity contribution in [1.82, 2.24) is 4.90 Å². The monoisotopic (exact) mass is 507 g/mol. The normalized spacial score (nSPS) is 20.7. The lowest BCUT2D eigenvalue weighted by Crippen LogP contribution is -2.53. The van der Waals surface area contributed by atoms with Crippen LogP contribution in [0, 0.1) is 0 Å². The van der Waals surface area contributed by atoms with Gasteiger partial charge in [0, 0.05) is 10.0 Å². The van der Waals surface area contributed by atoms with Crippen molar-refractivity contribution in [2.75, 3.05) is 13.2 Å². The molecule has 33 heavy (non-hydrogen) atoms. The highest BCUT2D eigenvalue weighted by Crippen LogP contribution is 2.43. The second kappa shape index (κ2) is 10.5. The van der Waals surface area contributed by atoms with Crippen LogP contribution in [0.4, 0.5) is 0 Å². The number of rotatable bonds is 7. The quantitative estimate of drug-likeness (QED) is 0.365. The largest absolute Gasteiger partial charge is 0.415 e. The minimum Gasteiger partial charge on any atom is -0.415 e. The van der Waals surface area contributed by atoms with Crippen LogP contribution in [0.1, 0.15) is 57.4 Å². The van der Waals surface area contributed by atoms with E-state index in [1.807, 2.05) is 53.4 Å². The molecule has 2 aromatic rings. The van der Waals surface area contributed by atoms with Crippen LogP contribution in [0.5, 0.6) is 0 Å². The van der Waals surface area contributed by atoms with E-state index in [0.717, 1.165) is 17.5 Å². The van der Waals surface area contributed by atoms with Crippen molar-refractivity contribution in [2.45, 2.75) is 70.4 Å². The van der Waals surface area contributed by atoms with Crippen molar-refractivity contribution in [2.24, 2.45) is 0 Å². The van der Waals surface area contributed by atoms with Crippen LogP contribution in [-0.4, -0.2) is 38.4 Å². The number of amides is 1. The van der Waals surface area contributed by atoms with E-state index in [4.69, 9.17) is 32.4 Å². The molecule has 2 aromatic carbocycles. The molecule has 0 N–H and O–H groups in total. The summed E-state index contributed by atoms with van der Waals surface area (Å²) >= 11 is 12.5. The Morgan fingerprint density at radius 2 is 1.76 bits per heavy atom. The first kappa shape index (κ1) is 26.2. The van der Waals surface area contributed by atoms with Crippen molar-refractivity contribution < 1.29 is 14.0 Å². The summed E-state index contributed by atoms with van der Waals surface area (Å²) in [5.74, 6) is -0.0288. The smallest absolute Gasteiger partial charge is 0.249 e. The maximum Gasteiger partial charge on any atom is 0.249 e. The zero-order valence-electron chi connectivity index (χ0n) is 20.4. The number of morpholine rings is 1. The van der Waals surface area contributed by atoms with Gasteiger partial charge in [-0.05, 0) is 59.9 Å². The van der Waals surface area contributed by atoms with Crippen LogP contribution in [0.3, 0.4) is 0 Å². The summed E-state index contributed by atoms with van der Waals surface area (Å²) in [6.07, 6.45) is 0.441. The van der Waals surface area contributed by atoms with Crippen molar-refractivity contribution in [3.8, 4) is 0 Å². The van der Waals surface area contributed by atoms with Crippen molar-refractivity contribution in [3.63, 3.8) is 0 Å². The number of carbonyl (C=O) groups excluding carboxylic acids is 1. The standard InChI is InChI=1S/C26H35Cl2NO3Si/c1-7-22(16-32-33(5,6)26(2,3)4)29-23(30)17-31-25(19-9-8-10-21(28)15-19)24(29)18-11-13-20(27)14-12-18/h8-15,22,24-25H,7,16-17H2,1-6H3. The molecular weight excluding hydrogens is 473 g/mol. The third kappa shape index (κ3) is 6.01. The molecule has 1 aliphatic rings. The van der Waals surface area contributed by atoms with Crippen LogP contribution < -0.4 is 0 Å². The van der Waals surface area contributed by atoms with E-state index in [2.05, 4.69) is 40.8 Å². The Morgan fingerprint density at radius 1 is 1.09 bits per heavy atom. The molecule has 0 bridgehead atoms. The summed E-state index contributed by atoms with van der Waals surface area (Å²) < 4.78 is 12.7. The molecule has 1 amide bonds. The maximum atomic E-state index is 13.3. The SMILES string of the molecule is CCC(CO[Si](C)(C)C(C)(C)C)N1C(=O)COC(c2cccc(Cl)c2)C1c1ccc(Cl)cc1. The van der Waals surface area contributed by atoms with Crippen LogP contribution in [0.2, 0.25) is 28.2 Å². The highest BCUT2D eigenvalue weighted by molar-refractivity contribution is 6.74. The summed E-state index contributed by atoms with van der Waals surface area (Å²) in [6.45, 7) is 13.8. The second-order valence-electron chi connectivity index (χ2n) is 10.2. The third-order valence-electron chi connectivity index (χ3n) is 6.96. The van der Waals surface area contributed by atoms with Gasteiger partial charge in [-0.25, -0.2) is 0 Å². The van der Waals surface area contributed by atoms with Gasteiger partial charge in [0.05, 0.1) is 18.7 Å². The summed E-state index contributed by atoms with van der Waals surface area (Å²) in [6, 6.07) is 15.0. The van der Waals surface area contributed by atoms with Gasteiger partial charge in [0.25, 0.3) is 0 Å². The van der Waals surface area contributed by atoms with E-state index in [1.165, 1.54) is 0 Å². The molecule has 1 saturated heterocycles. The number of hydrogen-bond donors (Lipinski definition) is 0. The van der Waals surface area contributed by atoms with Gasteiger partial charge in [0.1, 0.15) is 12.7 Å². The molecule has 3 atom stereocenters. The molecule has 3 unspecified atom stereocenters. The lowest BCUT2D eigenvalue weighted by atomic mass is 9.91. The predicted octanol–water partition coefficient (Wildman–Crippen LogP) is 7.44. The van der Waals surface area contributed by atoms with Gasteiger partial charge in [-0.15, -0.1) is 0 Å². The molecule has 180 valence electrons. The lowest BCUT2D eigenvalue weighted by Gasteiger charge is -2.46. The molecular formula is C26H35Cl2NO3Si. The Labute approximate surface area is 209 Å². The zero-order valence-corrected chi connectivity index (χ0v) is 22.9. The van der Waals surface area contributed by atoms with Crippen LogP contribution >= 0.6 is 23.2 Å². The van der Waals surface area contributed by atoms with E-state index in [1.54, 1.807) is 0 Å². The fourth-order valence-corrected chi connectivity index (χ4v) is 5.30. The van der Waals surface area contributed by atoms with Crippen LogP contribution in [-0.2, 0) is 14.0 Å². The minimum atomic E-state index is -1.97. The number of benzene rings is 2. The molecule has 0 aliphatic carbocycles. The van der Waals surface area contributed by atoms with E-state index in [0.29, 0.717) is 16.7 Å². The average molecular weight is 509 g/mol. The molecule has 0 aromatic heterocycles. The Kier molecular flexibility index (Phi) is 8.34. The summed E-state index contributed by atoms with van der Waals surface area (Å²) in [7, 11) is -1.97. The van der Waals surface area contributed by atoms with Gasteiger partial charge in [-0.1, -0.05) is 75.2 Å². The Morgan fingerprint density at radius 3 is 2.33 bits per heavy atom. The number of ether oxygens (including phenoxy) is 1. The molecule has 1 aliphatic heterocycles. The molecule has 1 heterocycles. The minimum absolute atomic E-state index is 0.0257. The first-order valence-corrected chi connectivity index (χ1v) is 15.2. The van der Waals surface area contributed by atoms with E-state index in [9.17, 15) is 4.79 Å². The van der Waals surface area contributed by atoms with E-state index in [-0.39, 0.29) is 35.7 Å². The van der Waals surface area contributed by atoms with E-state index >= 15 is 0 Å². The van der Waals surface area contributed by atoms with Gasteiger partial charge in [-0.2, -0.15) is 0 Å². The van der Waals surface area contributed by atoms with Gasteiger partial charge >= 0.3 is 0 Å². The summed E-state index contributed by atoms with van der Waals surface area (Å²) in [4.78, 5) is 15.3. The molecule has 3 rings (SSSR count). The summed E-state index contributed by atoms with van der Waals surface area (Å²) in [5, 5.41) is 1.39. The van der Waals surface area contributed by atoms with Crippen LogP contribution in [0.25, 0.3) is 0 Å². The Balaban J connectivity index is 2.01. The fraction of sp³-hybridized carbons (Fsp3) is 0.500. The number of hydrogen-bond acceptors (Lipinski definition) is 3. The molecule has 0 radical (unpaired) electrons. The van der Waals surface area contributed by atoms with Crippen LogP contribution in [0.15, 0.2) is 48.5 Å². The molecule has 0 saturated carbocycles. The maximum absolute atomic E-state index is 13.3. The molecule has 1 fully saturated rings. The predicted molar refractivity (Wildman–Crippen MR) is 138 cm³/mol. The second-order valence-corrected chi connectivity index (χ2v) is 15.9. The van der Waals surface area contributed by atoms with E-state index < -0.39 is 8.32 Å². The topological polar surface area (TPSA) is 38.8 Å². The number of halogens is 2. The summed E-state index contributed by atoms with van der Waals surface area (Å²) in [5.41, 5.74) is 1.92. The highest BCUT2D eigenvalue weighted by Gasteiger charge is 2.43. The van der Waals surface area contributed by atoms with Gasteiger partial charge in [0.2, 0.25) is 5.91 Å². The first-order chi connectivity index (χ1) is 15.4. The molecule has 7 heteroatoms. The lowest BCUT2D eigenvalue weighted by molar-refractivity contribution is -0.164. The first-order valence-electron chi connectivity index (χ1n) is 11.5. The number of carbonyl (C=O) groups is 1. The molecule has 4 nitrogen and oxygen atoms in total. The van der Waals surface area contributed by atoms with Crippen molar-refractivity contribution in [3.05, 3.63) is 69.7 Å². The Bertz CT molecular complexity index is 959. The molecule has 0 spiro atoms. The average Bonchev–Trinajstić information content (AvgIpc) is 2.74. The van der Waals surface area contributed by atoms with Crippen molar-refractivity contribution in [1.29, 1.82) is 0 Å². The van der Waals surface area contributed by atoms with Gasteiger partial charge in [0.15, 0.2) is 8.32 Å². The van der Waals surface area contributed by atoms with Gasteiger partial charge in [-0.3, -0.25) is 4.79 Å².